The third-order valence-corrected chi connectivity index (χ3v) is 4.07. The van der Waals surface area contributed by atoms with Gasteiger partial charge < -0.3 is 14.8 Å². The third kappa shape index (κ3) is 6.12. The fourth-order valence-electron chi connectivity index (χ4n) is 2.02. The molecule has 2 rings (SSSR count). The van der Waals surface area contributed by atoms with E-state index in [1.54, 1.807) is 18.2 Å². The largest absolute Gasteiger partial charge is 0.490 e. The van der Waals surface area contributed by atoms with E-state index in [0.29, 0.717) is 31.1 Å². The quantitative estimate of drug-likeness (QED) is 0.521. The Labute approximate surface area is 160 Å². The fraction of sp³-hybridized carbons (Fsp3) is 0.222. The Hall–Kier alpha value is -1.96. The minimum Gasteiger partial charge on any atom is -0.490 e. The first kappa shape index (κ1) is 19.4. The van der Waals surface area contributed by atoms with Crippen LogP contribution in [0.15, 0.2) is 53.0 Å². The SMILES string of the molecule is CCOCCOc1ccccc1C(=O)NC(=S)Nc1ccccc1Br. The molecule has 0 spiro atoms. The van der Waals surface area contributed by atoms with Gasteiger partial charge in [0.15, 0.2) is 5.11 Å². The molecule has 0 aromatic heterocycles. The molecule has 0 heterocycles. The molecular formula is C18H19BrN2O3S. The van der Waals surface area contributed by atoms with Crippen molar-refractivity contribution >= 4 is 44.9 Å². The Morgan fingerprint density at radius 2 is 1.84 bits per heavy atom. The van der Waals surface area contributed by atoms with Gasteiger partial charge in [-0.2, -0.15) is 0 Å². The second-order valence-electron chi connectivity index (χ2n) is 4.93. The zero-order valence-corrected chi connectivity index (χ0v) is 16.2. The van der Waals surface area contributed by atoms with Crippen molar-refractivity contribution in [1.29, 1.82) is 0 Å². The lowest BCUT2D eigenvalue weighted by Gasteiger charge is -2.13. The number of anilines is 1. The maximum Gasteiger partial charge on any atom is 0.261 e. The zero-order chi connectivity index (χ0) is 18.1. The minimum absolute atomic E-state index is 0.209. The number of amides is 1. The zero-order valence-electron chi connectivity index (χ0n) is 13.8. The van der Waals surface area contributed by atoms with Crippen LogP contribution >= 0.6 is 28.1 Å². The molecule has 0 radical (unpaired) electrons. The number of thiocarbonyl (C=S) groups is 1. The molecule has 1 amide bonds. The van der Waals surface area contributed by atoms with Crippen molar-refractivity contribution < 1.29 is 14.3 Å². The lowest BCUT2D eigenvalue weighted by atomic mass is 10.2. The monoisotopic (exact) mass is 422 g/mol. The molecule has 2 aromatic rings. The first-order valence-electron chi connectivity index (χ1n) is 7.78. The van der Waals surface area contributed by atoms with E-state index in [1.807, 2.05) is 37.3 Å². The van der Waals surface area contributed by atoms with E-state index in [1.165, 1.54) is 0 Å². The van der Waals surface area contributed by atoms with Crippen LogP contribution in [0.1, 0.15) is 17.3 Å². The van der Waals surface area contributed by atoms with Gasteiger partial charge in [-0.1, -0.05) is 24.3 Å². The van der Waals surface area contributed by atoms with E-state index in [9.17, 15) is 4.79 Å². The summed E-state index contributed by atoms with van der Waals surface area (Å²) in [4.78, 5) is 12.5. The number of rotatable bonds is 7. The van der Waals surface area contributed by atoms with Crippen LogP contribution in [0, 0.1) is 0 Å². The molecule has 0 aliphatic rings. The number of hydrogen-bond donors (Lipinski definition) is 2. The van der Waals surface area contributed by atoms with E-state index in [4.69, 9.17) is 21.7 Å². The van der Waals surface area contributed by atoms with Crippen molar-refractivity contribution in [1.82, 2.24) is 5.32 Å². The highest BCUT2D eigenvalue weighted by molar-refractivity contribution is 9.10. The van der Waals surface area contributed by atoms with Gasteiger partial charge in [0.1, 0.15) is 12.4 Å². The molecule has 0 saturated carbocycles. The van der Waals surface area contributed by atoms with Gasteiger partial charge in [-0.25, -0.2) is 0 Å². The Balaban J connectivity index is 1.98. The fourth-order valence-corrected chi connectivity index (χ4v) is 2.61. The Kier molecular flexibility index (Phi) is 7.84. The Morgan fingerprint density at radius 1 is 1.12 bits per heavy atom. The van der Waals surface area contributed by atoms with Crippen molar-refractivity contribution in [3.05, 3.63) is 58.6 Å². The van der Waals surface area contributed by atoms with Gasteiger partial charge in [0.2, 0.25) is 0 Å². The summed E-state index contributed by atoms with van der Waals surface area (Å²) in [6, 6.07) is 14.5. The Morgan fingerprint density at radius 3 is 2.60 bits per heavy atom. The lowest BCUT2D eigenvalue weighted by Crippen LogP contribution is -2.34. The highest BCUT2D eigenvalue weighted by Crippen LogP contribution is 2.21. The van der Waals surface area contributed by atoms with Crippen molar-refractivity contribution in [3.63, 3.8) is 0 Å². The van der Waals surface area contributed by atoms with Crippen molar-refractivity contribution in [3.8, 4) is 5.75 Å². The molecule has 0 aliphatic heterocycles. The summed E-state index contributed by atoms with van der Waals surface area (Å²) < 4.78 is 11.7. The number of para-hydroxylation sites is 2. The van der Waals surface area contributed by atoms with Gasteiger partial charge in [0.05, 0.1) is 17.9 Å². The van der Waals surface area contributed by atoms with Crippen LogP contribution < -0.4 is 15.4 Å². The average molecular weight is 423 g/mol. The number of hydrogen-bond acceptors (Lipinski definition) is 4. The number of nitrogens with one attached hydrogen (secondary N) is 2. The van der Waals surface area contributed by atoms with Crippen LogP contribution in [-0.4, -0.2) is 30.8 Å². The second kappa shape index (κ2) is 10.1. The first-order valence-corrected chi connectivity index (χ1v) is 8.98. The summed E-state index contributed by atoms with van der Waals surface area (Å²) in [6.45, 7) is 3.38. The number of ether oxygens (including phenoxy) is 2. The predicted octanol–water partition coefficient (Wildman–Crippen LogP) is 3.99. The van der Waals surface area contributed by atoms with Crippen LogP contribution in [0.2, 0.25) is 0 Å². The molecule has 5 nitrogen and oxygen atoms in total. The van der Waals surface area contributed by atoms with Gasteiger partial charge in [-0.3, -0.25) is 10.1 Å². The maximum absolute atomic E-state index is 12.5. The smallest absolute Gasteiger partial charge is 0.261 e. The molecule has 0 aliphatic carbocycles. The second-order valence-corrected chi connectivity index (χ2v) is 6.19. The average Bonchev–Trinajstić information content (AvgIpc) is 2.61. The molecule has 2 aromatic carbocycles. The highest BCUT2D eigenvalue weighted by atomic mass is 79.9. The topological polar surface area (TPSA) is 59.6 Å². The van der Waals surface area contributed by atoms with E-state index >= 15 is 0 Å². The standard InChI is InChI=1S/C18H19BrN2O3S/c1-2-23-11-12-24-16-10-6-3-7-13(16)17(22)21-18(25)20-15-9-5-4-8-14(15)19/h3-10H,2,11-12H2,1H3,(H2,20,21,22,25). The number of carbonyl (C=O) groups is 1. The van der Waals surface area contributed by atoms with Crippen molar-refractivity contribution in [2.24, 2.45) is 0 Å². The molecule has 0 unspecified atom stereocenters. The lowest BCUT2D eigenvalue weighted by molar-refractivity contribution is 0.0958. The molecule has 0 atom stereocenters. The van der Waals surface area contributed by atoms with Gasteiger partial charge in [0, 0.05) is 11.1 Å². The highest BCUT2D eigenvalue weighted by Gasteiger charge is 2.14. The molecule has 25 heavy (non-hydrogen) atoms. The molecular weight excluding hydrogens is 404 g/mol. The molecule has 0 saturated heterocycles. The van der Waals surface area contributed by atoms with Crippen LogP contribution in [-0.2, 0) is 4.74 Å². The van der Waals surface area contributed by atoms with Gasteiger partial charge in [-0.15, -0.1) is 0 Å². The maximum atomic E-state index is 12.5. The molecule has 2 N–H and O–H groups in total. The molecule has 0 fully saturated rings. The van der Waals surface area contributed by atoms with Gasteiger partial charge in [-0.05, 0) is 59.3 Å². The van der Waals surface area contributed by atoms with Crippen LogP contribution in [0.4, 0.5) is 5.69 Å². The summed E-state index contributed by atoms with van der Waals surface area (Å²) in [5, 5.41) is 5.85. The van der Waals surface area contributed by atoms with Crippen LogP contribution in [0.3, 0.4) is 0 Å². The Bertz CT molecular complexity index is 740. The molecule has 7 heteroatoms. The summed E-state index contributed by atoms with van der Waals surface area (Å²) in [5.74, 6) is 0.153. The first-order chi connectivity index (χ1) is 12.1. The summed E-state index contributed by atoms with van der Waals surface area (Å²) in [6.07, 6.45) is 0. The molecule has 0 bridgehead atoms. The number of benzene rings is 2. The van der Waals surface area contributed by atoms with E-state index in [0.717, 1.165) is 10.2 Å². The predicted molar refractivity (Wildman–Crippen MR) is 106 cm³/mol. The van der Waals surface area contributed by atoms with E-state index in [-0.39, 0.29) is 11.0 Å². The minimum atomic E-state index is -0.337. The van der Waals surface area contributed by atoms with E-state index < -0.39 is 0 Å². The molecule has 132 valence electrons. The van der Waals surface area contributed by atoms with E-state index in [2.05, 4.69) is 26.6 Å². The third-order valence-electron chi connectivity index (χ3n) is 3.17. The number of halogens is 1. The summed E-state index contributed by atoms with van der Waals surface area (Å²) >= 11 is 8.63. The van der Waals surface area contributed by atoms with Gasteiger partial charge >= 0.3 is 0 Å². The summed E-state index contributed by atoms with van der Waals surface area (Å²) in [7, 11) is 0. The van der Waals surface area contributed by atoms with Crippen LogP contribution in [0.5, 0.6) is 5.75 Å². The van der Waals surface area contributed by atoms with Crippen molar-refractivity contribution in [2.45, 2.75) is 6.92 Å². The van der Waals surface area contributed by atoms with Crippen LogP contribution in [0.25, 0.3) is 0 Å². The normalized spacial score (nSPS) is 10.2. The summed E-state index contributed by atoms with van der Waals surface area (Å²) in [5.41, 5.74) is 1.18. The number of carbonyl (C=O) groups excluding carboxylic acids is 1. The van der Waals surface area contributed by atoms with Gasteiger partial charge in [0.25, 0.3) is 5.91 Å². The van der Waals surface area contributed by atoms with Crippen molar-refractivity contribution in [2.75, 3.05) is 25.1 Å².